The fourth-order valence-electron chi connectivity index (χ4n) is 2.38. The first kappa shape index (κ1) is 16.1. The van der Waals surface area contributed by atoms with Gasteiger partial charge in [-0.1, -0.05) is 60.6 Å². The molecule has 0 spiro atoms. The second-order valence-corrected chi connectivity index (χ2v) is 7.59. The predicted octanol–water partition coefficient (Wildman–Crippen LogP) is 5.09. The largest absolute Gasteiger partial charge is 0.507 e. The van der Waals surface area contributed by atoms with Crippen LogP contribution < -0.4 is 0 Å². The molecule has 1 nitrogen and oxygen atoms in total. The van der Waals surface area contributed by atoms with E-state index < -0.39 is 0 Å². The Labute approximate surface area is 119 Å². The SMILES string of the molecule is CC(C)Cc1cc(C(C)(C)C)cc(CC(C)C)c1O. The number of hydrogen-bond acceptors (Lipinski definition) is 1. The summed E-state index contributed by atoms with van der Waals surface area (Å²) in [6.07, 6.45) is 1.89. The molecule has 0 fully saturated rings. The lowest BCUT2D eigenvalue weighted by Crippen LogP contribution is -2.13. The van der Waals surface area contributed by atoms with Crippen LogP contribution in [0.4, 0.5) is 0 Å². The molecule has 0 heterocycles. The highest BCUT2D eigenvalue weighted by molar-refractivity contribution is 5.46. The van der Waals surface area contributed by atoms with Gasteiger partial charge in [-0.2, -0.15) is 0 Å². The molecule has 0 aromatic heterocycles. The Morgan fingerprint density at radius 3 is 1.53 bits per heavy atom. The first-order valence-corrected chi connectivity index (χ1v) is 7.46. The normalized spacial score (nSPS) is 12.5. The van der Waals surface area contributed by atoms with Gasteiger partial charge in [0.25, 0.3) is 0 Å². The van der Waals surface area contributed by atoms with Crippen molar-refractivity contribution in [3.05, 3.63) is 28.8 Å². The van der Waals surface area contributed by atoms with Gasteiger partial charge in [0.05, 0.1) is 0 Å². The minimum atomic E-state index is 0.130. The average Bonchev–Trinajstić information content (AvgIpc) is 2.20. The van der Waals surface area contributed by atoms with Gasteiger partial charge < -0.3 is 5.11 Å². The molecule has 1 N–H and O–H groups in total. The van der Waals surface area contributed by atoms with Crippen LogP contribution >= 0.6 is 0 Å². The third kappa shape index (κ3) is 4.56. The summed E-state index contributed by atoms with van der Waals surface area (Å²) in [4.78, 5) is 0. The molecule has 0 saturated carbocycles. The van der Waals surface area contributed by atoms with Gasteiger partial charge in [-0.05, 0) is 46.8 Å². The maximum absolute atomic E-state index is 10.5. The summed E-state index contributed by atoms with van der Waals surface area (Å²) in [5.41, 5.74) is 3.68. The van der Waals surface area contributed by atoms with Gasteiger partial charge in [0.1, 0.15) is 5.75 Å². The first-order valence-electron chi connectivity index (χ1n) is 7.46. The van der Waals surface area contributed by atoms with Crippen LogP contribution in [0, 0.1) is 11.8 Å². The van der Waals surface area contributed by atoms with E-state index in [0.717, 1.165) is 24.0 Å². The predicted molar refractivity (Wildman–Crippen MR) is 83.9 cm³/mol. The van der Waals surface area contributed by atoms with Crippen molar-refractivity contribution in [1.29, 1.82) is 0 Å². The van der Waals surface area contributed by atoms with Crippen molar-refractivity contribution in [3.8, 4) is 5.75 Å². The van der Waals surface area contributed by atoms with Crippen molar-refractivity contribution >= 4 is 0 Å². The van der Waals surface area contributed by atoms with Crippen LogP contribution in [0.5, 0.6) is 5.75 Å². The maximum atomic E-state index is 10.5. The Morgan fingerprint density at radius 2 is 1.26 bits per heavy atom. The zero-order valence-corrected chi connectivity index (χ0v) is 13.7. The fourth-order valence-corrected chi connectivity index (χ4v) is 2.38. The molecule has 0 aliphatic rings. The molecule has 1 aromatic rings. The van der Waals surface area contributed by atoms with Crippen molar-refractivity contribution in [2.24, 2.45) is 11.8 Å². The second kappa shape index (κ2) is 5.98. The highest BCUT2D eigenvalue weighted by Crippen LogP contribution is 2.33. The molecule has 0 radical (unpaired) electrons. The molecule has 0 bridgehead atoms. The van der Waals surface area contributed by atoms with Crippen LogP contribution in [0.25, 0.3) is 0 Å². The molecule has 1 heteroatoms. The molecule has 1 aromatic carbocycles. The van der Waals surface area contributed by atoms with E-state index in [1.165, 1.54) is 5.56 Å². The standard InChI is InChI=1S/C18H30O/c1-12(2)8-14-10-16(18(5,6)7)11-15(17(14)19)9-13(3)4/h10-13,19H,8-9H2,1-7H3. The van der Waals surface area contributed by atoms with Crippen molar-refractivity contribution in [2.75, 3.05) is 0 Å². The number of aromatic hydroxyl groups is 1. The molecule has 19 heavy (non-hydrogen) atoms. The molecule has 0 unspecified atom stereocenters. The van der Waals surface area contributed by atoms with Crippen LogP contribution in [0.15, 0.2) is 12.1 Å². The minimum Gasteiger partial charge on any atom is -0.507 e. The van der Waals surface area contributed by atoms with E-state index in [-0.39, 0.29) is 5.41 Å². The Balaban J connectivity index is 3.29. The van der Waals surface area contributed by atoms with E-state index in [0.29, 0.717) is 17.6 Å². The number of hydrogen-bond donors (Lipinski definition) is 1. The van der Waals surface area contributed by atoms with Crippen molar-refractivity contribution < 1.29 is 5.11 Å². The van der Waals surface area contributed by atoms with E-state index in [9.17, 15) is 5.11 Å². The van der Waals surface area contributed by atoms with Crippen LogP contribution in [0.2, 0.25) is 0 Å². The van der Waals surface area contributed by atoms with Gasteiger partial charge in [-0.3, -0.25) is 0 Å². The van der Waals surface area contributed by atoms with E-state index in [4.69, 9.17) is 0 Å². The fraction of sp³-hybridized carbons (Fsp3) is 0.667. The Kier molecular flexibility index (Phi) is 5.06. The molecule has 0 saturated heterocycles. The quantitative estimate of drug-likeness (QED) is 0.801. The molecule has 0 atom stereocenters. The monoisotopic (exact) mass is 262 g/mol. The van der Waals surface area contributed by atoms with Gasteiger partial charge in [0.15, 0.2) is 0 Å². The summed E-state index contributed by atoms with van der Waals surface area (Å²) in [6, 6.07) is 4.39. The second-order valence-electron chi connectivity index (χ2n) is 7.59. The number of rotatable bonds is 4. The van der Waals surface area contributed by atoms with Crippen molar-refractivity contribution in [1.82, 2.24) is 0 Å². The van der Waals surface area contributed by atoms with Gasteiger partial charge >= 0.3 is 0 Å². The Hall–Kier alpha value is -0.980. The highest BCUT2D eigenvalue weighted by atomic mass is 16.3. The number of benzene rings is 1. The molecule has 0 amide bonds. The lowest BCUT2D eigenvalue weighted by molar-refractivity contribution is 0.448. The average molecular weight is 262 g/mol. The summed E-state index contributed by atoms with van der Waals surface area (Å²) in [6.45, 7) is 15.5. The van der Waals surface area contributed by atoms with Crippen molar-refractivity contribution in [2.45, 2.75) is 66.7 Å². The van der Waals surface area contributed by atoms with E-state index in [2.05, 4.69) is 60.6 Å². The topological polar surface area (TPSA) is 20.2 Å². The van der Waals surface area contributed by atoms with E-state index in [1.807, 2.05) is 0 Å². The number of phenolic OH excluding ortho intramolecular Hbond substituents is 1. The van der Waals surface area contributed by atoms with Gasteiger partial charge in [-0.25, -0.2) is 0 Å². The minimum absolute atomic E-state index is 0.130. The zero-order valence-electron chi connectivity index (χ0n) is 13.7. The highest BCUT2D eigenvalue weighted by Gasteiger charge is 2.19. The van der Waals surface area contributed by atoms with Crippen molar-refractivity contribution in [3.63, 3.8) is 0 Å². The Morgan fingerprint density at radius 1 is 0.895 bits per heavy atom. The van der Waals surface area contributed by atoms with Crippen LogP contribution in [-0.2, 0) is 18.3 Å². The molecule has 1 rings (SSSR count). The molecule has 0 aliphatic heterocycles. The lowest BCUT2D eigenvalue weighted by atomic mass is 9.82. The zero-order chi connectivity index (χ0) is 14.8. The summed E-state index contributed by atoms with van der Waals surface area (Å²) in [5.74, 6) is 1.65. The van der Waals surface area contributed by atoms with Gasteiger partial charge in [0, 0.05) is 0 Å². The smallest absolute Gasteiger partial charge is 0.121 e. The lowest BCUT2D eigenvalue weighted by Gasteiger charge is -2.23. The van der Waals surface area contributed by atoms with E-state index in [1.54, 1.807) is 0 Å². The first-order chi connectivity index (χ1) is 8.61. The third-order valence-electron chi connectivity index (χ3n) is 3.39. The van der Waals surface area contributed by atoms with Crippen LogP contribution in [-0.4, -0.2) is 5.11 Å². The number of phenols is 1. The molecule has 108 valence electrons. The molecular weight excluding hydrogens is 232 g/mol. The van der Waals surface area contributed by atoms with Gasteiger partial charge in [-0.15, -0.1) is 0 Å². The summed E-state index contributed by atoms with van der Waals surface area (Å²) in [7, 11) is 0. The van der Waals surface area contributed by atoms with Crippen LogP contribution in [0.3, 0.4) is 0 Å². The summed E-state index contributed by atoms with van der Waals surface area (Å²) < 4.78 is 0. The molecule has 0 aliphatic carbocycles. The Bertz CT molecular complexity index is 391. The summed E-state index contributed by atoms with van der Waals surface area (Å²) >= 11 is 0. The summed E-state index contributed by atoms with van der Waals surface area (Å²) in [5, 5.41) is 10.5. The van der Waals surface area contributed by atoms with Gasteiger partial charge in [0.2, 0.25) is 0 Å². The maximum Gasteiger partial charge on any atom is 0.121 e. The third-order valence-corrected chi connectivity index (χ3v) is 3.39. The van der Waals surface area contributed by atoms with E-state index >= 15 is 0 Å². The van der Waals surface area contributed by atoms with Crippen LogP contribution in [0.1, 0.15) is 65.2 Å². The molecular formula is C18H30O.